The number of hydrogen-bond acceptors (Lipinski definition) is 4. The molecule has 3 aromatic rings. The number of aromatic nitrogens is 2. The summed E-state index contributed by atoms with van der Waals surface area (Å²) in [6.07, 6.45) is 0.667. The monoisotopic (exact) mass is 311 g/mol. The molecule has 4 N–H and O–H groups in total. The maximum absolute atomic E-state index is 11.0. The highest BCUT2D eigenvalue weighted by molar-refractivity contribution is 5.47. The van der Waals surface area contributed by atoms with Gasteiger partial charge in [0.15, 0.2) is 0 Å². The summed E-state index contributed by atoms with van der Waals surface area (Å²) in [6, 6.07) is 17.0. The second-order valence-electron chi connectivity index (χ2n) is 5.03. The predicted molar refractivity (Wildman–Crippen MR) is 87.8 cm³/mol. The Hall–Kier alpha value is -2.99. The number of benzene rings is 2. The molecular formula is C17H17N3O3. The van der Waals surface area contributed by atoms with Crippen molar-refractivity contribution in [3.63, 3.8) is 0 Å². The number of aliphatic hydroxyl groups excluding tert-OH is 1. The average molecular weight is 311 g/mol. The van der Waals surface area contributed by atoms with Crippen molar-refractivity contribution < 1.29 is 9.84 Å². The van der Waals surface area contributed by atoms with Crippen molar-refractivity contribution in [3.05, 3.63) is 77.0 Å². The molecule has 0 saturated carbocycles. The van der Waals surface area contributed by atoms with Gasteiger partial charge in [-0.2, -0.15) is 0 Å². The van der Waals surface area contributed by atoms with Crippen molar-refractivity contribution >= 4 is 5.69 Å². The normalized spacial score (nSPS) is 11.9. The minimum absolute atomic E-state index is 0.284. The number of hydrogen-bond donors (Lipinski definition) is 4. The number of nitrogens with one attached hydrogen (secondary N) is 3. The van der Waals surface area contributed by atoms with Crippen LogP contribution in [0.1, 0.15) is 11.8 Å². The van der Waals surface area contributed by atoms with Crippen molar-refractivity contribution in [1.82, 2.24) is 9.97 Å². The van der Waals surface area contributed by atoms with Gasteiger partial charge in [-0.1, -0.05) is 18.2 Å². The molecule has 3 rings (SSSR count). The van der Waals surface area contributed by atoms with Crippen molar-refractivity contribution in [1.29, 1.82) is 0 Å². The van der Waals surface area contributed by atoms with Crippen molar-refractivity contribution in [3.8, 4) is 11.5 Å². The fourth-order valence-electron chi connectivity index (χ4n) is 2.12. The van der Waals surface area contributed by atoms with Crippen LogP contribution >= 0.6 is 0 Å². The van der Waals surface area contributed by atoms with E-state index in [1.807, 2.05) is 54.6 Å². The molecule has 0 aliphatic rings. The minimum Gasteiger partial charge on any atom is -0.457 e. The number of ether oxygens (including phenoxy) is 1. The lowest BCUT2D eigenvalue weighted by Gasteiger charge is -2.12. The molecule has 0 aliphatic heterocycles. The third-order valence-electron chi connectivity index (χ3n) is 3.31. The quantitative estimate of drug-likeness (QED) is 0.563. The van der Waals surface area contributed by atoms with Crippen LogP contribution in [0.25, 0.3) is 0 Å². The van der Waals surface area contributed by atoms with E-state index in [-0.39, 0.29) is 12.2 Å². The van der Waals surface area contributed by atoms with Gasteiger partial charge in [-0.25, -0.2) is 4.79 Å². The standard InChI is InChI=1S/C17H17N3O3/c21-16(15-10-19-17(22)20-15)11-18-12-6-8-14(9-7-12)23-13-4-2-1-3-5-13/h1-10,16,18,21H,11H2,(H2,19,20,22). The van der Waals surface area contributed by atoms with Gasteiger partial charge in [0, 0.05) is 18.4 Å². The summed E-state index contributed by atoms with van der Waals surface area (Å²) in [5.74, 6) is 1.51. The molecule has 6 nitrogen and oxygen atoms in total. The van der Waals surface area contributed by atoms with Crippen LogP contribution in [-0.2, 0) is 0 Å². The van der Waals surface area contributed by atoms with E-state index in [0.29, 0.717) is 5.69 Å². The van der Waals surface area contributed by atoms with E-state index in [0.717, 1.165) is 17.2 Å². The second kappa shape index (κ2) is 6.85. The minimum atomic E-state index is -0.797. The summed E-state index contributed by atoms with van der Waals surface area (Å²) in [4.78, 5) is 16.0. The van der Waals surface area contributed by atoms with Crippen LogP contribution in [0, 0.1) is 0 Å². The van der Waals surface area contributed by atoms with Crippen molar-refractivity contribution in [2.75, 3.05) is 11.9 Å². The topological polar surface area (TPSA) is 90.1 Å². The van der Waals surface area contributed by atoms with Crippen LogP contribution in [0.2, 0.25) is 0 Å². The smallest absolute Gasteiger partial charge is 0.323 e. The zero-order chi connectivity index (χ0) is 16.1. The molecule has 1 atom stereocenters. The fourth-order valence-corrected chi connectivity index (χ4v) is 2.12. The second-order valence-corrected chi connectivity index (χ2v) is 5.03. The summed E-state index contributed by atoms with van der Waals surface area (Å²) >= 11 is 0. The molecule has 0 aliphatic carbocycles. The van der Waals surface area contributed by atoms with Crippen LogP contribution in [0.5, 0.6) is 11.5 Å². The van der Waals surface area contributed by atoms with Gasteiger partial charge in [0.05, 0.1) is 5.69 Å². The molecule has 6 heteroatoms. The molecule has 0 spiro atoms. The molecule has 1 unspecified atom stereocenters. The molecule has 23 heavy (non-hydrogen) atoms. The Labute approximate surface area is 132 Å². The van der Waals surface area contributed by atoms with E-state index in [4.69, 9.17) is 4.74 Å². The maximum atomic E-state index is 11.0. The Morgan fingerprint density at radius 1 is 1.04 bits per heavy atom. The number of aromatic amines is 2. The predicted octanol–water partition coefficient (Wildman–Crippen LogP) is 2.64. The number of rotatable bonds is 6. The molecule has 1 heterocycles. The third kappa shape index (κ3) is 4.02. The van der Waals surface area contributed by atoms with E-state index in [9.17, 15) is 9.90 Å². The largest absolute Gasteiger partial charge is 0.457 e. The van der Waals surface area contributed by atoms with Crippen LogP contribution in [-0.4, -0.2) is 21.6 Å². The third-order valence-corrected chi connectivity index (χ3v) is 3.31. The van der Waals surface area contributed by atoms with Gasteiger partial charge >= 0.3 is 5.69 Å². The molecule has 0 radical (unpaired) electrons. The van der Waals surface area contributed by atoms with Crippen LogP contribution < -0.4 is 15.7 Å². The van der Waals surface area contributed by atoms with Crippen LogP contribution in [0.15, 0.2) is 65.6 Å². The zero-order valence-electron chi connectivity index (χ0n) is 12.3. The van der Waals surface area contributed by atoms with Crippen molar-refractivity contribution in [2.45, 2.75) is 6.10 Å². The lowest BCUT2D eigenvalue weighted by Crippen LogP contribution is -2.13. The van der Waals surface area contributed by atoms with Gasteiger partial charge in [0.1, 0.15) is 17.6 Å². The Morgan fingerprint density at radius 2 is 1.74 bits per heavy atom. The number of aliphatic hydroxyl groups is 1. The SMILES string of the molecule is O=c1[nH]cc(C(O)CNc2ccc(Oc3ccccc3)cc2)[nH]1. The van der Waals surface area contributed by atoms with Crippen LogP contribution in [0.4, 0.5) is 5.69 Å². The van der Waals surface area contributed by atoms with Gasteiger partial charge in [-0.3, -0.25) is 0 Å². The highest BCUT2D eigenvalue weighted by Crippen LogP contribution is 2.22. The number of anilines is 1. The number of H-pyrrole nitrogens is 2. The first-order valence-electron chi connectivity index (χ1n) is 7.23. The Bertz CT molecular complexity index is 794. The van der Waals surface area contributed by atoms with Gasteiger partial charge in [-0.15, -0.1) is 0 Å². The molecule has 0 bridgehead atoms. The lowest BCUT2D eigenvalue weighted by atomic mass is 10.2. The molecule has 1 aromatic heterocycles. The van der Waals surface area contributed by atoms with E-state index in [1.165, 1.54) is 6.20 Å². The van der Waals surface area contributed by atoms with E-state index < -0.39 is 6.10 Å². The van der Waals surface area contributed by atoms with E-state index in [2.05, 4.69) is 15.3 Å². The lowest BCUT2D eigenvalue weighted by molar-refractivity contribution is 0.187. The Morgan fingerprint density at radius 3 is 2.39 bits per heavy atom. The molecule has 0 fully saturated rings. The molecule has 0 amide bonds. The Kier molecular flexibility index (Phi) is 4.44. The number of imidazole rings is 1. The first-order valence-corrected chi connectivity index (χ1v) is 7.23. The number of para-hydroxylation sites is 1. The van der Waals surface area contributed by atoms with E-state index in [1.54, 1.807) is 0 Å². The summed E-state index contributed by atoms with van der Waals surface area (Å²) in [6.45, 7) is 0.284. The van der Waals surface area contributed by atoms with Gasteiger partial charge in [0.2, 0.25) is 0 Å². The Balaban J connectivity index is 1.56. The molecule has 0 saturated heterocycles. The summed E-state index contributed by atoms with van der Waals surface area (Å²) < 4.78 is 5.71. The molecule has 118 valence electrons. The van der Waals surface area contributed by atoms with Crippen molar-refractivity contribution in [2.24, 2.45) is 0 Å². The maximum Gasteiger partial charge on any atom is 0.323 e. The fraction of sp³-hybridized carbons (Fsp3) is 0.118. The first-order chi connectivity index (χ1) is 11.2. The highest BCUT2D eigenvalue weighted by Gasteiger charge is 2.09. The zero-order valence-corrected chi connectivity index (χ0v) is 12.3. The van der Waals surface area contributed by atoms with Gasteiger partial charge < -0.3 is 25.1 Å². The first kappa shape index (κ1) is 14.9. The van der Waals surface area contributed by atoms with E-state index >= 15 is 0 Å². The average Bonchev–Trinajstić information content (AvgIpc) is 3.01. The van der Waals surface area contributed by atoms with Crippen LogP contribution in [0.3, 0.4) is 0 Å². The summed E-state index contributed by atoms with van der Waals surface area (Å²) in [5, 5.41) is 13.1. The molecular weight excluding hydrogens is 294 g/mol. The molecule has 2 aromatic carbocycles. The van der Waals surface area contributed by atoms with Gasteiger partial charge in [-0.05, 0) is 36.4 Å². The van der Waals surface area contributed by atoms with Gasteiger partial charge in [0.25, 0.3) is 0 Å². The summed E-state index contributed by atoms with van der Waals surface area (Å²) in [5.41, 5.74) is 0.968. The summed E-state index contributed by atoms with van der Waals surface area (Å²) in [7, 11) is 0. The highest BCUT2D eigenvalue weighted by atomic mass is 16.5.